The fourth-order valence-electron chi connectivity index (χ4n) is 1.86. The van der Waals surface area contributed by atoms with Crippen LogP contribution in [0.5, 0.6) is 0 Å². The number of Topliss-reactive ketones (excluding diaryl/α,β-unsaturated/α-hetero) is 1. The molecule has 0 atom stereocenters. The molecule has 5 heteroatoms. The average Bonchev–Trinajstić information content (AvgIpc) is 2.67. The molecule has 18 heavy (non-hydrogen) atoms. The lowest BCUT2D eigenvalue weighted by Crippen LogP contribution is -2.25. The van der Waals surface area contributed by atoms with Crippen LogP contribution in [-0.2, 0) is 9.59 Å². The van der Waals surface area contributed by atoms with Crippen LogP contribution in [0.3, 0.4) is 0 Å². The van der Waals surface area contributed by atoms with Crippen LogP contribution in [0.15, 0.2) is 24.3 Å². The Labute approximate surface area is 105 Å². The number of rotatable bonds is 2. The highest BCUT2D eigenvalue weighted by molar-refractivity contribution is 6.15. The molecule has 1 aliphatic heterocycles. The Morgan fingerprint density at radius 1 is 1.17 bits per heavy atom. The van der Waals surface area contributed by atoms with Crippen molar-refractivity contribution in [2.75, 3.05) is 25.5 Å². The molecule has 1 aliphatic rings. The Morgan fingerprint density at radius 3 is 2.22 bits per heavy atom. The van der Waals surface area contributed by atoms with Gasteiger partial charge < -0.3 is 9.80 Å². The van der Waals surface area contributed by atoms with Gasteiger partial charge in [-0.15, -0.1) is 0 Å². The maximum Gasteiger partial charge on any atom is 0.253 e. The van der Waals surface area contributed by atoms with Crippen molar-refractivity contribution in [1.29, 1.82) is 0 Å². The van der Waals surface area contributed by atoms with E-state index in [9.17, 15) is 14.4 Å². The van der Waals surface area contributed by atoms with Crippen molar-refractivity contribution in [3.05, 3.63) is 29.8 Å². The van der Waals surface area contributed by atoms with Crippen molar-refractivity contribution >= 4 is 23.3 Å². The van der Waals surface area contributed by atoms with Gasteiger partial charge in [0.15, 0.2) is 5.78 Å². The van der Waals surface area contributed by atoms with E-state index >= 15 is 0 Å². The molecule has 1 fully saturated rings. The molecule has 0 saturated carbocycles. The van der Waals surface area contributed by atoms with Crippen LogP contribution < -0.4 is 4.90 Å². The zero-order valence-corrected chi connectivity index (χ0v) is 10.3. The van der Waals surface area contributed by atoms with Crippen LogP contribution >= 0.6 is 0 Å². The summed E-state index contributed by atoms with van der Waals surface area (Å²) in [5, 5.41) is 0. The van der Waals surface area contributed by atoms with Gasteiger partial charge in [0.05, 0.1) is 13.0 Å². The summed E-state index contributed by atoms with van der Waals surface area (Å²) in [5.41, 5.74) is 1.21. The van der Waals surface area contributed by atoms with Crippen LogP contribution in [0, 0.1) is 0 Å². The van der Waals surface area contributed by atoms with Gasteiger partial charge in [-0.05, 0) is 24.3 Å². The second-order valence-corrected chi connectivity index (χ2v) is 4.44. The van der Waals surface area contributed by atoms with Gasteiger partial charge in [0.1, 0.15) is 0 Å². The van der Waals surface area contributed by atoms with Crippen molar-refractivity contribution in [2.45, 2.75) is 6.42 Å². The lowest BCUT2D eigenvalue weighted by Gasteiger charge is -2.15. The van der Waals surface area contributed by atoms with E-state index in [1.807, 2.05) is 0 Å². The number of carbonyl (C=O) groups is 3. The zero-order chi connectivity index (χ0) is 13.3. The summed E-state index contributed by atoms with van der Waals surface area (Å²) < 4.78 is 0. The van der Waals surface area contributed by atoms with E-state index in [1.165, 1.54) is 9.80 Å². The smallest absolute Gasteiger partial charge is 0.253 e. The first kappa shape index (κ1) is 12.3. The minimum absolute atomic E-state index is 0.0294. The van der Waals surface area contributed by atoms with Crippen LogP contribution in [-0.4, -0.2) is 43.1 Å². The Hall–Kier alpha value is -2.17. The van der Waals surface area contributed by atoms with Gasteiger partial charge in [0, 0.05) is 25.3 Å². The minimum atomic E-state index is -0.188. The number of amides is 2. The van der Waals surface area contributed by atoms with Crippen LogP contribution in [0.25, 0.3) is 0 Å². The number of anilines is 1. The summed E-state index contributed by atoms with van der Waals surface area (Å²) in [4.78, 5) is 37.3. The largest absolute Gasteiger partial charge is 0.345 e. The monoisotopic (exact) mass is 246 g/mol. The lowest BCUT2D eigenvalue weighted by atomic mass is 10.2. The van der Waals surface area contributed by atoms with Gasteiger partial charge in [-0.25, -0.2) is 0 Å². The first-order valence-corrected chi connectivity index (χ1v) is 5.63. The van der Waals surface area contributed by atoms with E-state index in [0.717, 1.165) is 0 Å². The van der Waals surface area contributed by atoms with E-state index in [-0.39, 0.29) is 30.6 Å². The highest BCUT2D eigenvalue weighted by Gasteiger charge is 2.28. The van der Waals surface area contributed by atoms with E-state index in [0.29, 0.717) is 11.3 Å². The minimum Gasteiger partial charge on any atom is -0.345 e. The Kier molecular flexibility index (Phi) is 3.14. The molecule has 1 aromatic carbocycles. The number of ketones is 1. The molecule has 0 aromatic heterocycles. The topological polar surface area (TPSA) is 57.7 Å². The van der Waals surface area contributed by atoms with E-state index in [2.05, 4.69) is 0 Å². The summed E-state index contributed by atoms with van der Waals surface area (Å²) in [6, 6.07) is 6.70. The lowest BCUT2D eigenvalue weighted by molar-refractivity contribution is -0.121. The van der Waals surface area contributed by atoms with Gasteiger partial charge in [0.2, 0.25) is 5.91 Å². The molecule has 0 spiro atoms. The van der Waals surface area contributed by atoms with Crippen LogP contribution in [0.4, 0.5) is 5.69 Å². The SMILES string of the molecule is CN(C)C(=O)c1ccc(N2CC(=O)CC2=O)cc1. The highest BCUT2D eigenvalue weighted by atomic mass is 16.2. The van der Waals surface area contributed by atoms with Crippen molar-refractivity contribution in [2.24, 2.45) is 0 Å². The van der Waals surface area contributed by atoms with Gasteiger partial charge in [-0.1, -0.05) is 0 Å². The molecular weight excluding hydrogens is 232 g/mol. The molecule has 2 amide bonds. The molecule has 1 saturated heterocycles. The quantitative estimate of drug-likeness (QED) is 0.721. The first-order chi connectivity index (χ1) is 8.49. The number of nitrogens with zero attached hydrogens (tertiary/aromatic N) is 2. The summed E-state index contributed by atoms with van der Waals surface area (Å²) in [7, 11) is 3.36. The predicted octanol–water partition coefficient (Wildman–Crippen LogP) is 0.694. The maximum absolute atomic E-state index is 11.7. The van der Waals surface area contributed by atoms with Gasteiger partial charge >= 0.3 is 0 Å². The fourth-order valence-corrected chi connectivity index (χ4v) is 1.86. The third-order valence-electron chi connectivity index (χ3n) is 2.82. The summed E-state index contributed by atoms with van der Waals surface area (Å²) in [6.45, 7) is 0.125. The fraction of sp³-hybridized carbons (Fsp3) is 0.308. The second-order valence-electron chi connectivity index (χ2n) is 4.44. The van der Waals surface area contributed by atoms with Crippen molar-refractivity contribution in [3.8, 4) is 0 Å². The number of hydrogen-bond donors (Lipinski definition) is 0. The van der Waals surface area contributed by atoms with Crippen LogP contribution in [0.2, 0.25) is 0 Å². The maximum atomic E-state index is 11.7. The first-order valence-electron chi connectivity index (χ1n) is 5.63. The summed E-state index contributed by atoms with van der Waals surface area (Å²) in [5.74, 6) is -0.356. The van der Waals surface area contributed by atoms with Gasteiger partial charge in [0.25, 0.3) is 5.91 Å². The Balaban J connectivity index is 2.20. The summed E-state index contributed by atoms with van der Waals surface area (Å²) in [6.07, 6.45) is -0.0294. The third kappa shape index (κ3) is 2.25. The van der Waals surface area contributed by atoms with Crippen molar-refractivity contribution in [1.82, 2.24) is 4.90 Å². The normalized spacial score (nSPS) is 15.1. The molecule has 0 N–H and O–H groups in total. The molecule has 0 unspecified atom stereocenters. The van der Waals surface area contributed by atoms with Crippen molar-refractivity contribution in [3.63, 3.8) is 0 Å². The van der Waals surface area contributed by atoms with Crippen LogP contribution in [0.1, 0.15) is 16.8 Å². The molecular formula is C13H14N2O3. The molecule has 0 aliphatic carbocycles. The molecule has 1 heterocycles. The van der Waals surface area contributed by atoms with Gasteiger partial charge in [-0.2, -0.15) is 0 Å². The highest BCUT2D eigenvalue weighted by Crippen LogP contribution is 2.20. The average molecular weight is 246 g/mol. The van der Waals surface area contributed by atoms with E-state index < -0.39 is 0 Å². The van der Waals surface area contributed by atoms with E-state index in [1.54, 1.807) is 38.4 Å². The zero-order valence-electron chi connectivity index (χ0n) is 10.3. The number of carbonyl (C=O) groups excluding carboxylic acids is 3. The predicted molar refractivity (Wildman–Crippen MR) is 66.4 cm³/mol. The second kappa shape index (κ2) is 4.60. The molecule has 2 rings (SSSR count). The summed E-state index contributed by atoms with van der Waals surface area (Å²) >= 11 is 0. The van der Waals surface area contributed by atoms with Crippen molar-refractivity contribution < 1.29 is 14.4 Å². The molecule has 1 aromatic rings. The number of hydrogen-bond acceptors (Lipinski definition) is 3. The molecule has 94 valence electrons. The molecule has 0 bridgehead atoms. The van der Waals surface area contributed by atoms with Gasteiger partial charge in [-0.3, -0.25) is 14.4 Å². The number of benzene rings is 1. The standard InChI is InChI=1S/C13H14N2O3/c1-14(2)13(18)9-3-5-10(6-4-9)15-8-11(16)7-12(15)17/h3-6H,7-8H2,1-2H3. The Morgan fingerprint density at radius 2 is 1.78 bits per heavy atom. The molecule has 0 radical (unpaired) electrons. The Bertz CT molecular complexity index is 505. The van der Waals surface area contributed by atoms with E-state index in [4.69, 9.17) is 0 Å². The molecule has 5 nitrogen and oxygen atoms in total. The third-order valence-corrected chi connectivity index (χ3v) is 2.82.